The zero-order chi connectivity index (χ0) is 24.1. The van der Waals surface area contributed by atoms with Crippen LogP contribution in [0.3, 0.4) is 0 Å². The van der Waals surface area contributed by atoms with Crippen molar-refractivity contribution in [2.24, 2.45) is 7.05 Å². The predicted molar refractivity (Wildman–Crippen MR) is 138 cm³/mol. The van der Waals surface area contributed by atoms with Gasteiger partial charge < -0.3 is 9.88 Å². The highest BCUT2D eigenvalue weighted by atomic mass is 79.9. The van der Waals surface area contributed by atoms with Gasteiger partial charge in [0.05, 0.1) is 29.7 Å². The minimum Gasteiger partial charge on any atom is -0.352 e. The molecule has 0 fully saturated rings. The second kappa shape index (κ2) is 11.0. The predicted octanol–water partition coefficient (Wildman–Crippen LogP) is 6.37. The average molecular weight is 543 g/mol. The Morgan fingerprint density at radius 2 is 2.00 bits per heavy atom. The average Bonchev–Trinajstić information content (AvgIpc) is 3.20. The number of aryl methyl sites for hydroxylation is 2. The van der Waals surface area contributed by atoms with Crippen molar-refractivity contribution in [3.8, 4) is 0 Å². The van der Waals surface area contributed by atoms with Crippen LogP contribution in [-0.2, 0) is 11.9 Å². The van der Waals surface area contributed by atoms with Gasteiger partial charge in [-0.25, -0.2) is 14.9 Å². The number of hydrogen-bond donors (Lipinski definition) is 2. The Hall–Kier alpha value is -2.88. The number of nitrogens with zero attached hydrogens (tertiary/aromatic N) is 2. The second-order valence-electron chi connectivity index (χ2n) is 7.72. The van der Waals surface area contributed by atoms with E-state index in [1.54, 1.807) is 29.4 Å². The van der Waals surface area contributed by atoms with Crippen molar-refractivity contribution in [3.05, 3.63) is 82.3 Å². The number of nitrogens with one attached hydrogen (secondary N) is 2. The number of rotatable bonds is 9. The molecular weight excluding hydrogens is 519 g/mol. The van der Waals surface area contributed by atoms with Crippen molar-refractivity contribution in [2.45, 2.75) is 18.2 Å². The van der Waals surface area contributed by atoms with Crippen molar-refractivity contribution >= 4 is 56.0 Å². The van der Waals surface area contributed by atoms with Crippen LogP contribution in [-0.4, -0.2) is 27.8 Å². The van der Waals surface area contributed by atoms with Gasteiger partial charge in [0.15, 0.2) is 5.82 Å². The fraction of sp³-hybridized carbons (Fsp3) is 0.200. The van der Waals surface area contributed by atoms with Gasteiger partial charge in [0, 0.05) is 27.9 Å². The van der Waals surface area contributed by atoms with E-state index in [0.29, 0.717) is 17.8 Å². The van der Waals surface area contributed by atoms with Gasteiger partial charge in [0.2, 0.25) is 0 Å². The number of amides is 1. The summed E-state index contributed by atoms with van der Waals surface area (Å²) in [4.78, 5) is 23.7. The highest BCUT2D eigenvalue weighted by molar-refractivity contribution is 9.10. The molecule has 1 amide bonds. The first-order chi connectivity index (χ1) is 16.4. The van der Waals surface area contributed by atoms with Crippen LogP contribution in [0.4, 0.5) is 15.8 Å². The van der Waals surface area contributed by atoms with Crippen molar-refractivity contribution in [2.75, 3.05) is 17.7 Å². The Kier molecular flexibility index (Phi) is 7.87. The zero-order valence-electron chi connectivity index (χ0n) is 18.8. The van der Waals surface area contributed by atoms with Gasteiger partial charge in [0.25, 0.3) is 5.91 Å². The normalized spacial score (nSPS) is 11.1. The molecule has 176 valence electrons. The van der Waals surface area contributed by atoms with Crippen LogP contribution in [0, 0.1) is 12.7 Å². The minimum absolute atomic E-state index is 0.0531. The summed E-state index contributed by atoms with van der Waals surface area (Å²) >= 11 is 5.15. The number of carbonyl (C=O) groups is 1. The first kappa shape index (κ1) is 24.3. The van der Waals surface area contributed by atoms with Crippen molar-refractivity contribution in [1.29, 1.82) is 0 Å². The number of carbonyl (C=O) groups excluding carboxylic acids is 1. The van der Waals surface area contributed by atoms with E-state index in [2.05, 4.69) is 43.8 Å². The summed E-state index contributed by atoms with van der Waals surface area (Å²) < 4.78 is 18.1. The lowest BCUT2D eigenvalue weighted by Gasteiger charge is -2.16. The number of thioether (sulfide) groups is 1. The molecule has 0 radical (unpaired) electrons. The summed E-state index contributed by atoms with van der Waals surface area (Å²) in [6.07, 6.45) is 2.27. The Bertz CT molecular complexity index is 1310. The number of hydroxylamine groups is 1. The van der Waals surface area contributed by atoms with Gasteiger partial charge in [-0.15, -0.1) is 11.8 Å². The molecule has 0 atom stereocenters. The Labute approximate surface area is 210 Å². The molecule has 0 aliphatic carbocycles. The summed E-state index contributed by atoms with van der Waals surface area (Å²) in [7, 11) is 1.75. The Balaban J connectivity index is 1.47. The van der Waals surface area contributed by atoms with Crippen LogP contribution >= 0.6 is 27.7 Å². The molecule has 9 heteroatoms. The highest BCUT2D eigenvalue weighted by Crippen LogP contribution is 2.32. The van der Waals surface area contributed by atoms with E-state index < -0.39 is 11.7 Å². The zero-order valence-corrected chi connectivity index (χ0v) is 21.2. The molecule has 1 heterocycles. The van der Waals surface area contributed by atoms with E-state index in [1.807, 2.05) is 43.3 Å². The van der Waals surface area contributed by atoms with Crippen LogP contribution in [0.5, 0.6) is 0 Å². The molecule has 2 N–H and O–H groups in total. The molecule has 0 aliphatic heterocycles. The third-order valence-corrected chi connectivity index (χ3v) is 6.81. The van der Waals surface area contributed by atoms with Gasteiger partial charge in [0.1, 0.15) is 5.52 Å². The first-order valence-corrected chi connectivity index (χ1v) is 12.5. The second-order valence-corrected chi connectivity index (χ2v) is 9.80. The fourth-order valence-corrected chi connectivity index (χ4v) is 4.76. The molecule has 3 aromatic carbocycles. The van der Waals surface area contributed by atoms with Crippen molar-refractivity contribution < 1.29 is 14.0 Å². The first-order valence-electron chi connectivity index (χ1n) is 10.7. The summed E-state index contributed by atoms with van der Waals surface area (Å²) in [6, 6.07) is 17.3. The van der Waals surface area contributed by atoms with E-state index in [-0.39, 0.29) is 16.8 Å². The van der Waals surface area contributed by atoms with E-state index in [0.717, 1.165) is 22.2 Å². The lowest BCUT2D eigenvalue weighted by Crippen LogP contribution is -2.25. The van der Waals surface area contributed by atoms with Gasteiger partial charge >= 0.3 is 0 Å². The van der Waals surface area contributed by atoms with Crippen LogP contribution < -0.4 is 10.8 Å². The highest BCUT2D eigenvalue weighted by Gasteiger charge is 2.22. The number of aromatic nitrogens is 2. The molecule has 1 aromatic heterocycles. The largest absolute Gasteiger partial charge is 0.352 e. The lowest BCUT2D eigenvalue weighted by atomic mass is 10.1. The summed E-state index contributed by atoms with van der Waals surface area (Å²) in [5.41, 5.74) is 4.93. The third-order valence-electron chi connectivity index (χ3n) is 5.22. The van der Waals surface area contributed by atoms with E-state index in [4.69, 9.17) is 4.84 Å². The topological polar surface area (TPSA) is 68.2 Å². The maximum absolute atomic E-state index is 15.5. The van der Waals surface area contributed by atoms with Gasteiger partial charge in [-0.05, 0) is 55.3 Å². The number of hydrogen-bond acceptors (Lipinski definition) is 5. The Morgan fingerprint density at radius 3 is 2.76 bits per heavy atom. The molecule has 4 aromatic rings. The van der Waals surface area contributed by atoms with E-state index in [1.165, 1.54) is 11.2 Å². The standard InChI is InChI=1S/C25H24BrFN4O2S/c1-16-13-17(26)9-10-20(16)29-23-19(14-21-24(22(23)27)28-15-31(21)2)25(32)30-33-11-6-12-34-18-7-4-3-5-8-18/h3-5,7-10,13-15,29H,6,11-12H2,1-2H3,(H,30,32). The van der Waals surface area contributed by atoms with Gasteiger partial charge in [-0.2, -0.15) is 0 Å². The van der Waals surface area contributed by atoms with Crippen molar-refractivity contribution in [3.63, 3.8) is 0 Å². The number of halogens is 2. The lowest BCUT2D eigenvalue weighted by molar-refractivity contribution is 0.0318. The smallest absolute Gasteiger partial charge is 0.277 e. The van der Waals surface area contributed by atoms with Crippen LogP contribution in [0.1, 0.15) is 22.3 Å². The summed E-state index contributed by atoms with van der Waals surface area (Å²) in [5.74, 6) is -0.273. The summed E-state index contributed by atoms with van der Waals surface area (Å²) in [5, 5.41) is 3.08. The molecule has 4 rings (SSSR count). The fourth-order valence-electron chi connectivity index (χ4n) is 3.44. The Morgan fingerprint density at radius 1 is 1.21 bits per heavy atom. The molecule has 0 bridgehead atoms. The number of imidazole rings is 1. The molecule has 0 saturated heterocycles. The molecule has 6 nitrogen and oxygen atoms in total. The molecule has 0 spiro atoms. The quantitative estimate of drug-likeness (QED) is 0.146. The van der Waals surface area contributed by atoms with Crippen LogP contribution in [0.25, 0.3) is 11.0 Å². The number of anilines is 2. The summed E-state index contributed by atoms with van der Waals surface area (Å²) in [6.45, 7) is 2.25. The number of fused-ring (bicyclic) bond motifs is 1. The van der Waals surface area contributed by atoms with Crippen LogP contribution in [0.15, 0.2) is 70.3 Å². The third kappa shape index (κ3) is 5.60. The molecule has 0 aliphatic rings. The number of benzene rings is 3. The molecule has 34 heavy (non-hydrogen) atoms. The molecular formula is C25H24BrFN4O2S. The molecule has 0 saturated carbocycles. The van der Waals surface area contributed by atoms with Crippen molar-refractivity contribution in [1.82, 2.24) is 15.0 Å². The van der Waals surface area contributed by atoms with Crippen LogP contribution in [0.2, 0.25) is 0 Å². The van der Waals surface area contributed by atoms with E-state index >= 15 is 4.39 Å². The van der Waals surface area contributed by atoms with Gasteiger partial charge in [-0.3, -0.25) is 9.63 Å². The SMILES string of the molecule is Cc1cc(Br)ccc1Nc1c(C(=O)NOCCCSc2ccccc2)cc2c(ncn2C)c1F. The monoisotopic (exact) mass is 542 g/mol. The maximum atomic E-state index is 15.5. The minimum atomic E-state index is -0.593. The molecule has 0 unspecified atom stereocenters. The van der Waals surface area contributed by atoms with Gasteiger partial charge in [-0.1, -0.05) is 34.1 Å². The maximum Gasteiger partial charge on any atom is 0.277 e. The van der Waals surface area contributed by atoms with E-state index in [9.17, 15) is 4.79 Å².